The number of carbonyl (C=O) groups excluding carboxylic acids is 1. The van der Waals surface area contributed by atoms with E-state index in [1.165, 1.54) is 12.1 Å². The lowest BCUT2D eigenvalue weighted by Crippen LogP contribution is -2.26. The normalized spacial score (nSPS) is 12.7. The van der Waals surface area contributed by atoms with Crippen LogP contribution in [-0.2, 0) is 21.8 Å². The van der Waals surface area contributed by atoms with Gasteiger partial charge in [0.1, 0.15) is 5.58 Å². The summed E-state index contributed by atoms with van der Waals surface area (Å²) in [6.07, 6.45) is 1.72. The van der Waals surface area contributed by atoms with E-state index in [9.17, 15) is 13.2 Å². The van der Waals surface area contributed by atoms with Gasteiger partial charge in [0.15, 0.2) is 0 Å². The van der Waals surface area contributed by atoms with Gasteiger partial charge in [-0.25, -0.2) is 17.9 Å². The molecule has 0 amide bonds. The summed E-state index contributed by atoms with van der Waals surface area (Å²) in [5.74, 6) is -0.495. The molecule has 0 fully saturated rings. The second-order valence-corrected chi connectivity index (χ2v) is 9.46. The topological polar surface area (TPSA) is 103 Å². The maximum atomic E-state index is 13.1. The molecule has 33 heavy (non-hydrogen) atoms. The van der Waals surface area contributed by atoms with E-state index < -0.39 is 22.0 Å². The summed E-state index contributed by atoms with van der Waals surface area (Å²) in [5.41, 5.74) is 3.66. The van der Waals surface area contributed by atoms with E-state index in [2.05, 4.69) is 9.82 Å². The zero-order chi connectivity index (χ0) is 23.8. The largest absolute Gasteiger partial charge is 0.460 e. The lowest BCUT2D eigenvalue weighted by atomic mass is 10.0. The molecule has 0 bridgehead atoms. The summed E-state index contributed by atoms with van der Waals surface area (Å²) in [7, 11) is -1.98. The molecule has 0 aliphatic heterocycles. The first-order valence-corrected chi connectivity index (χ1v) is 12.0. The summed E-state index contributed by atoms with van der Waals surface area (Å²) in [4.78, 5) is 12.2. The molecule has 4 aromatic rings. The number of nitrogens with zero attached hydrogens (tertiary/aromatic N) is 2. The summed E-state index contributed by atoms with van der Waals surface area (Å²) in [6.45, 7) is 5.42. The number of rotatable bonds is 7. The van der Waals surface area contributed by atoms with Gasteiger partial charge in [-0.1, -0.05) is 18.2 Å². The van der Waals surface area contributed by atoms with Crippen molar-refractivity contribution in [2.75, 3.05) is 6.61 Å². The van der Waals surface area contributed by atoms with Crippen LogP contribution in [0.15, 0.2) is 64.0 Å². The average Bonchev–Trinajstić information content (AvgIpc) is 3.36. The van der Waals surface area contributed by atoms with Crippen LogP contribution in [0.2, 0.25) is 0 Å². The Morgan fingerprint density at radius 2 is 2.00 bits per heavy atom. The van der Waals surface area contributed by atoms with Gasteiger partial charge in [0.25, 0.3) is 0 Å². The lowest BCUT2D eigenvalue weighted by molar-refractivity contribution is 0.0491. The molecule has 0 radical (unpaired) electrons. The minimum Gasteiger partial charge on any atom is -0.460 e. The predicted octanol–water partition coefficient (Wildman–Crippen LogP) is 4.36. The number of aryl methyl sites for hydroxylation is 2. The van der Waals surface area contributed by atoms with E-state index in [4.69, 9.17) is 9.15 Å². The van der Waals surface area contributed by atoms with E-state index in [1.807, 2.05) is 37.4 Å². The zero-order valence-corrected chi connectivity index (χ0v) is 19.6. The van der Waals surface area contributed by atoms with Crippen molar-refractivity contribution in [2.24, 2.45) is 7.05 Å². The number of hydrogen-bond acceptors (Lipinski definition) is 6. The van der Waals surface area contributed by atoms with Gasteiger partial charge in [-0.05, 0) is 56.7 Å². The number of hydrogen-bond donors (Lipinski definition) is 1. The number of esters is 1. The summed E-state index contributed by atoms with van der Waals surface area (Å²) >= 11 is 0. The summed E-state index contributed by atoms with van der Waals surface area (Å²) < 4.78 is 41.4. The molecule has 0 aliphatic rings. The van der Waals surface area contributed by atoms with Crippen LogP contribution >= 0.6 is 0 Å². The molecule has 0 saturated carbocycles. The minimum atomic E-state index is -3.84. The Morgan fingerprint density at radius 3 is 2.70 bits per heavy atom. The number of ether oxygens (including phenoxy) is 1. The molecule has 0 spiro atoms. The molecule has 1 unspecified atom stereocenters. The Hall–Kier alpha value is -3.43. The van der Waals surface area contributed by atoms with Crippen LogP contribution in [0.5, 0.6) is 0 Å². The van der Waals surface area contributed by atoms with Crippen LogP contribution < -0.4 is 4.72 Å². The van der Waals surface area contributed by atoms with Gasteiger partial charge in [-0.2, -0.15) is 5.10 Å². The van der Waals surface area contributed by atoms with Crippen molar-refractivity contribution >= 4 is 27.0 Å². The fourth-order valence-electron chi connectivity index (χ4n) is 3.75. The second kappa shape index (κ2) is 8.84. The molecule has 8 nitrogen and oxygen atoms in total. The lowest BCUT2D eigenvalue weighted by Gasteiger charge is -2.16. The summed E-state index contributed by atoms with van der Waals surface area (Å²) in [6, 6.07) is 13.6. The van der Waals surface area contributed by atoms with Gasteiger partial charge < -0.3 is 9.15 Å². The van der Waals surface area contributed by atoms with E-state index in [0.717, 1.165) is 16.8 Å². The van der Waals surface area contributed by atoms with Crippen LogP contribution in [0.4, 0.5) is 0 Å². The molecule has 2 aromatic carbocycles. The van der Waals surface area contributed by atoms with Crippen LogP contribution in [0, 0.1) is 6.92 Å². The number of aromatic nitrogens is 2. The molecular formula is C24H25N3O5S. The highest BCUT2D eigenvalue weighted by Crippen LogP contribution is 2.29. The quantitative estimate of drug-likeness (QED) is 0.405. The van der Waals surface area contributed by atoms with Gasteiger partial charge >= 0.3 is 5.97 Å². The Labute approximate surface area is 192 Å². The van der Waals surface area contributed by atoms with Crippen LogP contribution in [0.1, 0.15) is 41.6 Å². The first-order chi connectivity index (χ1) is 15.7. The van der Waals surface area contributed by atoms with Crippen molar-refractivity contribution in [3.8, 4) is 11.3 Å². The van der Waals surface area contributed by atoms with Crippen LogP contribution in [0.25, 0.3) is 22.2 Å². The van der Waals surface area contributed by atoms with Crippen molar-refractivity contribution in [3.05, 3.63) is 71.6 Å². The molecular weight excluding hydrogens is 442 g/mol. The summed E-state index contributed by atoms with van der Waals surface area (Å²) in [5, 5.41) is 4.74. The molecule has 172 valence electrons. The van der Waals surface area contributed by atoms with Crippen molar-refractivity contribution in [2.45, 2.75) is 31.7 Å². The Kier molecular flexibility index (Phi) is 6.09. The van der Waals surface area contributed by atoms with E-state index in [-0.39, 0.29) is 17.3 Å². The molecule has 2 aromatic heterocycles. The Morgan fingerprint density at radius 1 is 1.21 bits per heavy atom. The second-order valence-electron chi connectivity index (χ2n) is 7.74. The standard InChI is InChI=1S/C24H25N3O5S/c1-5-31-24(28)23-15(2)20-14-19(9-10-22(20)32-23)33(29,30)26-16(3)17-7-6-8-18(13-17)21-11-12-25-27(21)4/h6-14,16,26H,5H2,1-4H3. The van der Waals surface area contributed by atoms with Gasteiger partial charge in [0, 0.05) is 35.8 Å². The Balaban J connectivity index is 1.62. The number of fused-ring (bicyclic) bond motifs is 1. The molecule has 4 rings (SSSR count). The number of carbonyl (C=O) groups is 1. The minimum absolute atomic E-state index is 0.0784. The Bertz CT molecular complexity index is 1440. The number of nitrogens with one attached hydrogen (secondary N) is 1. The molecule has 0 saturated heterocycles. The van der Waals surface area contributed by atoms with Gasteiger partial charge in [0.05, 0.1) is 17.2 Å². The SMILES string of the molecule is CCOC(=O)c1oc2ccc(S(=O)(=O)NC(C)c3cccc(-c4ccnn4C)c3)cc2c1C. The van der Waals surface area contributed by atoms with Crippen molar-refractivity contribution in [1.29, 1.82) is 0 Å². The van der Waals surface area contributed by atoms with Gasteiger partial charge in [-0.15, -0.1) is 0 Å². The predicted molar refractivity (Wildman–Crippen MR) is 124 cm³/mol. The number of sulfonamides is 1. The van der Waals surface area contributed by atoms with Gasteiger partial charge in [0.2, 0.25) is 15.8 Å². The highest BCUT2D eigenvalue weighted by atomic mass is 32.2. The fraction of sp³-hybridized carbons (Fsp3) is 0.250. The third-order valence-electron chi connectivity index (χ3n) is 5.51. The fourth-order valence-corrected chi connectivity index (χ4v) is 5.01. The average molecular weight is 468 g/mol. The molecule has 9 heteroatoms. The first kappa shape index (κ1) is 22.8. The monoisotopic (exact) mass is 467 g/mol. The number of benzene rings is 2. The molecule has 1 N–H and O–H groups in total. The van der Waals surface area contributed by atoms with Crippen molar-refractivity contribution in [3.63, 3.8) is 0 Å². The highest BCUT2D eigenvalue weighted by Gasteiger charge is 2.23. The van der Waals surface area contributed by atoms with E-state index in [0.29, 0.717) is 16.5 Å². The van der Waals surface area contributed by atoms with Crippen LogP contribution in [0.3, 0.4) is 0 Å². The zero-order valence-electron chi connectivity index (χ0n) is 18.8. The number of furan rings is 1. The van der Waals surface area contributed by atoms with Gasteiger partial charge in [-0.3, -0.25) is 4.68 Å². The first-order valence-electron chi connectivity index (χ1n) is 10.5. The third kappa shape index (κ3) is 4.42. The maximum Gasteiger partial charge on any atom is 0.374 e. The maximum absolute atomic E-state index is 13.1. The molecule has 0 aliphatic carbocycles. The molecule has 2 heterocycles. The molecule has 1 atom stereocenters. The third-order valence-corrected chi connectivity index (χ3v) is 7.05. The van der Waals surface area contributed by atoms with E-state index in [1.54, 1.807) is 37.7 Å². The van der Waals surface area contributed by atoms with Crippen molar-refractivity contribution < 1.29 is 22.4 Å². The highest BCUT2D eigenvalue weighted by molar-refractivity contribution is 7.89. The van der Waals surface area contributed by atoms with Crippen LogP contribution in [-0.4, -0.2) is 30.8 Å². The smallest absolute Gasteiger partial charge is 0.374 e. The van der Waals surface area contributed by atoms with E-state index >= 15 is 0 Å². The van der Waals surface area contributed by atoms with Crippen molar-refractivity contribution in [1.82, 2.24) is 14.5 Å².